The summed E-state index contributed by atoms with van der Waals surface area (Å²) in [7, 11) is 5.75. The van der Waals surface area contributed by atoms with Gasteiger partial charge in [0.1, 0.15) is 12.4 Å². The standard InChI is InChI=1S/C24H33N3O4S.ClH/c1-18(19-5-6-21-16-22(30-4)8-7-20(21)15-19)23(28)31-14-13-27(3)17-24(32-25-29)9-11-26(2)12-10-24;/h5-8,15-16,18H,9-14,17H2,1-4H3;1H/t18-;/m0./s1. The maximum atomic E-state index is 12.6. The van der Waals surface area contributed by atoms with Crippen molar-refractivity contribution in [2.24, 2.45) is 4.58 Å². The van der Waals surface area contributed by atoms with Crippen molar-refractivity contribution in [1.82, 2.24) is 9.80 Å². The second kappa shape index (κ2) is 12.6. The third kappa shape index (κ3) is 7.30. The van der Waals surface area contributed by atoms with Gasteiger partial charge in [0.15, 0.2) is 0 Å². The Morgan fingerprint density at radius 2 is 1.88 bits per heavy atom. The van der Waals surface area contributed by atoms with Crippen LogP contribution in [0.5, 0.6) is 5.75 Å². The zero-order valence-corrected chi connectivity index (χ0v) is 21.4. The lowest BCUT2D eigenvalue weighted by Crippen LogP contribution is -2.47. The predicted molar refractivity (Wildman–Crippen MR) is 137 cm³/mol. The summed E-state index contributed by atoms with van der Waals surface area (Å²) in [5.41, 5.74) is 0.930. The number of hydrogen-bond donors (Lipinski definition) is 0. The Kier molecular flexibility index (Phi) is 10.4. The number of carbonyl (C=O) groups excluding carboxylic acids is 1. The van der Waals surface area contributed by atoms with Crippen molar-refractivity contribution in [2.45, 2.75) is 30.4 Å². The minimum absolute atomic E-state index is 0. The Morgan fingerprint density at radius 3 is 2.55 bits per heavy atom. The van der Waals surface area contributed by atoms with Gasteiger partial charge in [-0.2, -0.15) is 0 Å². The van der Waals surface area contributed by atoms with Crippen LogP contribution in [-0.4, -0.2) is 74.5 Å². The number of methoxy groups -OCH3 is 1. The molecular formula is C24H34ClN3O4S. The molecule has 1 heterocycles. The number of benzene rings is 2. The quantitative estimate of drug-likeness (QED) is 0.268. The summed E-state index contributed by atoms with van der Waals surface area (Å²) in [6.07, 6.45) is 1.85. The molecule has 7 nitrogen and oxygen atoms in total. The molecule has 182 valence electrons. The van der Waals surface area contributed by atoms with E-state index in [1.165, 1.54) is 0 Å². The number of likely N-dealkylation sites (N-methyl/N-ethyl adjacent to an activating group) is 1. The summed E-state index contributed by atoms with van der Waals surface area (Å²) < 4.78 is 13.8. The smallest absolute Gasteiger partial charge is 0.313 e. The van der Waals surface area contributed by atoms with Crippen molar-refractivity contribution in [2.75, 3.05) is 54.0 Å². The fourth-order valence-electron chi connectivity index (χ4n) is 4.16. The molecule has 0 spiro atoms. The molecule has 1 saturated heterocycles. The third-order valence-corrected chi connectivity index (χ3v) is 7.33. The van der Waals surface area contributed by atoms with Gasteiger partial charge in [-0.15, -0.1) is 17.3 Å². The number of likely N-dealkylation sites (tertiary alicyclic amines) is 1. The Morgan fingerprint density at radius 1 is 1.21 bits per heavy atom. The topological polar surface area (TPSA) is 71.4 Å². The summed E-state index contributed by atoms with van der Waals surface area (Å²) in [5, 5.41) is 2.13. The van der Waals surface area contributed by atoms with Gasteiger partial charge in [0, 0.05) is 29.6 Å². The molecule has 0 bridgehead atoms. The number of ether oxygens (including phenoxy) is 2. The second-order valence-corrected chi connectivity index (χ2v) is 9.95. The highest BCUT2D eigenvalue weighted by Crippen LogP contribution is 2.37. The average molecular weight is 496 g/mol. The largest absolute Gasteiger partial charge is 0.497 e. The number of carbonyl (C=O) groups is 1. The molecule has 1 aliphatic heterocycles. The van der Waals surface area contributed by atoms with Crippen LogP contribution >= 0.6 is 24.4 Å². The molecule has 0 saturated carbocycles. The first-order chi connectivity index (χ1) is 15.4. The van der Waals surface area contributed by atoms with E-state index in [1.807, 2.05) is 50.4 Å². The number of esters is 1. The van der Waals surface area contributed by atoms with Gasteiger partial charge < -0.3 is 19.3 Å². The Hall–Kier alpha value is -1.87. The van der Waals surface area contributed by atoms with Crippen LogP contribution in [0.15, 0.2) is 41.0 Å². The second-order valence-electron chi connectivity index (χ2n) is 8.75. The SMILES string of the molecule is COc1ccc2cc([C@H](C)C(=O)OCCN(C)CC3(SN=O)CCN(C)CC3)ccc2c1.Cl. The number of rotatable bonds is 10. The summed E-state index contributed by atoms with van der Waals surface area (Å²) in [6, 6.07) is 11.9. The zero-order valence-electron chi connectivity index (χ0n) is 19.8. The van der Waals surface area contributed by atoms with Gasteiger partial charge in [0.2, 0.25) is 0 Å². The first-order valence-corrected chi connectivity index (χ1v) is 11.8. The highest BCUT2D eigenvalue weighted by Gasteiger charge is 2.36. The van der Waals surface area contributed by atoms with Gasteiger partial charge in [-0.05, 0) is 75.4 Å². The normalized spacial score (nSPS) is 16.8. The van der Waals surface area contributed by atoms with E-state index in [4.69, 9.17) is 9.47 Å². The van der Waals surface area contributed by atoms with Crippen molar-refractivity contribution in [3.8, 4) is 5.75 Å². The number of nitroso groups, excluding NO2 is 1. The van der Waals surface area contributed by atoms with Crippen LogP contribution in [0.4, 0.5) is 0 Å². The van der Waals surface area contributed by atoms with Gasteiger partial charge in [-0.1, -0.05) is 24.3 Å². The first-order valence-electron chi connectivity index (χ1n) is 11.0. The van der Waals surface area contributed by atoms with E-state index in [1.54, 1.807) is 7.11 Å². The van der Waals surface area contributed by atoms with Crippen LogP contribution in [0.25, 0.3) is 10.8 Å². The maximum absolute atomic E-state index is 12.6. The molecule has 33 heavy (non-hydrogen) atoms. The van der Waals surface area contributed by atoms with Crippen molar-refractivity contribution in [1.29, 1.82) is 0 Å². The summed E-state index contributed by atoms with van der Waals surface area (Å²) >= 11 is 1.16. The molecule has 2 aromatic rings. The van der Waals surface area contributed by atoms with Crippen molar-refractivity contribution >= 4 is 41.1 Å². The monoisotopic (exact) mass is 495 g/mol. The number of hydrogen-bond acceptors (Lipinski definition) is 8. The minimum Gasteiger partial charge on any atom is -0.497 e. The van der Waals surface area contributed by atoms with E-state index in [0.717, 1.165) is 66.5 Å². The molecular weight excluding hydrogens is 462 g/mol. The van der Waals surface area contributed by atoms with Crippen molar-refractivity contribution in [3.63, 3.8) is 0 Å². The van der Waals surface area contributed by atoms with Gasteiger partial charge in [0.05, 0.1) is 17.8 Å². The van der Waals surface area contributed by atoms with Crippen LogP contribution in [0.3, 0.4) is 0 Å². The fraction of sp³-hybridized carbons (Fsp3) is 0.542. The molecule has 0 radical (unpaired) electrons. The van der Waals surface area contributed by atoms with Crippen LogP contribution in [0.2, 0.25) is 0 Å². The molecule has 1 fully saturated rings. The number of nitrogens with zero attached hydrogens (tertiary/aromatic N) is 3. The van der Waals surface area contributed by atoms with Gasteiger partial charge in [-0.25, -0.2) is 0 Å². The maximum Gasteiger partial charge on any atom is 0.313 e. The average Bonchev–Trinajstić information content (AvgIpc) is 2.80. The molecule has 0 amide bonds. The number of fused-ring (bicyclic) bond motifs is 1. The van der Waals surface area contributed by atoms with E-state index in [2.05, 4.69) is 21.4 Å². The summed E-state index contributed by atoms with van der Waals surface area (Å²) in [5.74, 6) is 0.234. The van der Waals surface area contributed by atoms with Crippen molar-refractivity contribution < 1.29 is 14.3 Å². The first kappa shape index (κ1) is 27.4. The van der Waals surface area contributed by atoms with Gasteiger partial charge >= 0.3 is 5.97 Å². The lowest BCUT2D eigenvalue weighted by molar-refractivity contribution is -0.145. The van der Waals surface area contributed by atoms with Crippen LogP contribution in [0, 0.1) is 4.91 Å². The predicted octanol–water partition coefficient (Wildman–Crippen LogP) is 4.73. The Bertz CT molecular complexity index is 937. The molecule has 9 heteroatoms. The van der Waals surface area contributed by atoms with Crippen molar-refractivity contribution in [3.05, 3.63) is 46.9 Å². The molecule has 0 aromatic heterocycles. The van der Waals surface area contributed by atoms with E-state index in [-0.39, 0.29) is 29.0 Å². The van der Waals surface area contributed by atoms with E-state index in [0.29, 0.717) is 13.2 Å². The number of piperidine rings is 1. The Labute approximate surface area is 206 Å². The molecule has 2 aromatic carbocycles. The molecule has 0 aliphatic carbocycles. The molecule has 1 aliphatic rings. The van der Waals surface area contributed by atoms with Crippen LogP contribution in [0.1, 0.15) is 31.2 Å². The lowest BCUT2D eigenvalue weighted by Gasteiger charge is -2.40. The number of halogens is 1. The van der Waals surface area contributed by atoms with E-state index < -0.39 is 0 Å². The summed E-state index contributed by atoms with van der Waals surface area (Å²) in [6.45, 7) is 5.48. The lowest BCUT2D eigenvalue weighted by atomic mass is 9.95. The molecule has 0 N–H and O–H groups in total. The highest BCUT2D eigenvalue weighted by atomic mass is 35.5. The van der Waals surface area contributed by atoms with Crippen LogP contribution in [-0.2, 0) is 9.53 Å². The van der Waals surface area contributed by atoms with Crippen LogP contribution < -0.4 is 4.74 Å². The van der Waals surface area contributed by atoms with E-state index >= 15 is 0 Å². The Balaban J connectivity index is 0.00000385. The zero-order chi connectivity index (χ0) is 23.1. The molecule has 1 atom stereocenters. The van der Waals surface area contributed by atoms with E-state index in [9.17, 15) is 9.70 Å². The van der Waals surface area contributed by atoms with Gasteiger partial charge in [-0.3, -0.25) is 4.79 Å². The van der Waals surface area contributed by atoms with Gasteiger partial charge in [0.25, 0.3) is 0 Å². The third-order valence-electron chi connectivity index (χ3n) is 6.33. The minimum atomic E-state index is -0.346. The molecule has 0 unspecified atom stereocenters. The summed E-state index contributed by atoms with van der Waals surface area (Å²) in [4.78, 5) is 28.0. The highest BCUT2D eigenvalue weighted by molar-refractivity contribution is 7.99. The molecule has 3 rings (SSSR count). The fourth-order valence-corrected chi connectivity index (χ4v) is 4.96.